The zero-order chi connectivity index (χ0) is 16.2. The van der Waals surface area contributed by atoms with E-state index in [1.165, 1.54) is 6.26 Å². The third-order valence-corrected chi connectivity index (χ3v) is 3.64. The average molecular weight is 373 g/mol. The van der Waals surface area contributed by atoms with Crippen molar-refractivity contribution < 1.29 is 9.21 Å². The van der Waals surface area contributed by atoms with Gasteiger partial charge in [0.05, 0.1) is 17.7 Å². The largest absolute Gasteiger partial charge is 0.463 e. The maximum absolute atomic E-state index is 12.1. The molecule has 0 radical (unpaired) electrons. The standard InChI is InChI=1S/C16H13BrN4O2/c1-10(15-3-2-8-23-15)18-21-16(22)14-9-13(19-20-14)11-4-6-12(17)7-5-11/h2-9,18H,1H2,(H,19,20)(H,21,22). The SMILES string of the molecule is C=C(NNC(=O)c1cc(-c2ccc(Br)cc2)n[nH]1)c1ccco1. The summed E-state index contributed by atoms with van der Waals surface area (Å²) in [6, 6.07) is 12.8. The molecule has 0 aliphatic heterocycles. The Kier molecular flexibility index (Phi) is 4.29. The van der Waals surface area contributed by atoms with Gasteiger partial charge in [-0.1, -0.05) is 34.6 Å². The minimum absolute atomic E-state index is 0.336. The maximum atomic E-state index is 12.1. The monoisotopic (exact) mass is 372 g/mol. The van der Waals surface area contributed by atoms with Crippen LogP contribution >= 0.6 is 15.9 Å². The van der Waals surface area contributed by atoms with Gasteiger partial charge in [0.15, 0.2) is 5.76 Å². The lowest BCUT2D eigenvalue weighted by molar-refractivity contribution is 0.0937. The number of benzene rings is 1. The predicted molar refractivity (Wildman–Crippen MR) is 90.1 cm³/mol. The summed E-state index contributed by atoms with van der Waals surface area (Å²) in [6.45, 7) is 3.77. The van der Waals surface area contributed by atoms with Crippen LogP contribution in [0.5, 0.6) is 0 Å². The molecule has 7 heteroatoms. The van der Waals surface area contributed by atoms with Crippen molar-refractivity contribution in [1.82, 2.24) is 21.0 Å². The maximum Gasteiger partial charge on any atom is 0.287 e. The van der Waals surface area contributed by atoms with Gasteiger partial charge < -0.3 is 4.42 Å². The van der Waals surface area contributed by atoms with Gasteiger partial charge in [-0.15, -0.1) is 0 Å². The Balaban J connectivity index is 1.64. The number of amides is 1. The first-order chi connectivity index (χ1) is 11.1. The molecule has 1 aromatic carbocycles. The number of hydrazine groups is 1. The van der Waals surface area contributed by atoms with Gasteiger partial charge in [-0.2, -0.15) is 5.10 Å². The molecule has 2 heterocycles. The number of carbonyl (C=O) groups is 1. The van der Waals surface area contributed by atoms with Crippen LogP contribution in [0.1, 0.15) is 16.2 Å². The smallest absolute Gasteiger partial charge is 0.287 e. The number of furan rings is 1. The highest BCUT2D eigenvalue weighted by molar-refractivity contribution is 9.10. The van der Waals surface area contributed by atoms with Crippen LogP contribution in [0.3, 0.4) is 0 Å². The molecule has 0 aliphatic carbocycles. The summed E-state index contributed by atoms with van der Waals surface area (Å²) in [4.78, 5) is 12.1. The molecule has 0 aliphatic rings. The normalized spacial score (nSPS) is 10.3. The second kappa shape index (κ2) is 6.53. The minimum Gasteiger partial charge on any atom is -0.463 e. The Labute approximate surface area is 140 Å². The molecule has 0 atom stereocenters. The number of nitrogens with one attached hydrogen (secondary N) is 3. The van der Waals surface area contributed by atoms with Crippen molar-refractivity contribution in [1.29, 1.82) is 0 Å². The molecule has 2 aromatic heterocycles. The Morgan fingerprint density at radius 3 is 2.70 bits per heavy atom. The van der Waals surface area contributed by atoms with E-state index in [-0.39, 0.29) is 5.91 Å². The summed E-state index contributed by atoms with van der Waals surface area (Å²) in [7, 11) is 0. The van der Waals surface area contributed by atoms with Crippen LogP contribution in [-0.4, -0.2) is 16.1 Å². The van der Waals surface area contributed by atoms with Crippen LogP contribution in [0, 0.1) is 0 Å². The summed E-state index contributed by atoms with van der Waals surface area (Å²) in [5, 5.41) is 6.85. The number of nitrogens with zero attached hydrogens (tertiary/aromatic N) is 1. The Morgan fingerprint density at radius 1 is 1.22 bits per heavy atom. The molecule has 3 rings (SSSR count). The van der Waals surface area contributed by atoms with Gasteiger partial charge in [-0.3, -0.25) is 20.7 Å². The molecule has 0 fully saturated rings. The van der Waals surface area contributed by atoms with Gasteiger partial charge >= 0.3 is 0 Å². The Hall–Kier alpha value is -2.80. The van der Waals surface area contributed by atoms with Crippen molar-refractivity contribution >= 4 is 27.5 Å². The van der Waals surface area contributed by atoms with E-state index in [1.807, 2.05) is 24.3 Å². The molecule has 0 unspecified atom stereocenters. The number of rotatable bonds is 5. The molecule has 3 aromatic rings. The summed E-state index contributed by atoms with van der Waals surface area (Å²) >= 11 is 3.38. The summed E-state index contributed by atoms with van der Waals surface area (Å²) in [5.74, 6) is 0.194. The van der Waals surface area contributed by atoms with Gasteiger partial charge in [-0.05, 0) is 30.3 Å². The number of halogens is 1. The quantitative estimate of drug-likeness (QED) is 0.599. The molecular weight excluding hydrogens is 360 g/mol. The van der Waals surface area contributed by atoms with E-state index >= 15 is 0 Å². The minimum atomic E-state index is -0.353. The van der Waals surface area contributed by atoms with E-state index in [9.17, 15) is 4.79 Å². The zero-order valence-corrected chi connectivity index (χ0v) is 13.6. The van der Waals surface area contributed by atoms with Crippen LogP contribution in [0.15, 0.2) is 64.2 Å². The lowest BCUT2D eigenvalue weighted by Crippen LogP contribution is -2.35. The highest BCUT2D eigenvalue weighted by atomic mass is 79.9. The first-order valence-electron chi connectivity index (χ1n) is 6.74. The first kappa shape index (κ1) is 15.1. The molecule has 1 amide bonds. The number of aromatic nitrogens is 2. The van der Waals surface area contributed by atoms with E-state index in [0.717, 1.165) is 10.0 Å². The third kappa shape index (κ3) is 3.51. The summed E-state index contributed by atoms with van der Waals surface area (Å²) in [5.41, 5.74) is 7.62. The van der Waals surface area contributed by atoms with E-state index < -0.39 is 0 Å². The second-order valence-corrected chi connectivity index (χ2v) is 5.62. The molecule has 0 saturated carbocycles. The van der Waals surface area contributed by atoms with Gasteiger partial charge in [0.1, 0.15) is 5.69 Å². The van der Waals surface area contributed by atoms with E-state index in [4.69, 9.17) is 4.42 Å². The number of hydrogen-bond donors (Lipinski definition) is 3. The summed E-state index contributed by atoms with van der Waals surface area (Å²) < 4.78 is 6.15. The van der Waals surface area contributed by atoms with Crippen LogP contribution < -0.4 is 10.9 Å². The molecule has 0 saturated heterocycles. The predicted octanol–water partition coefficient (Wildman–Crippen LogP) is 3.34. The molecule has 116 valence electrons. The van der Waals surface area contributed by atoms with E-state index in [1.54, 1.807) is 18.2 Å². The van der Waals surface area contributed by atoms with Crippen molar-refractivity contribution in [2.75, 3.05) is 0 Å². The number of aromatic amines is 1. The topological polar surface area (TPSA) is 83.0 Å². The van der Waals surface area contributed by atoms with Gasteiger partial charge in [0.25, 0.3) is 5.91 Å². The zero-order valence-electron chi connectivity index (χ0n) is 12.0. The fourth-order valence-electron chi connectivity index (χ4n) is 1.92. The molecule has 0 bridgehead atoms. The fraction of sp³-hybridized carbons (Fsp3) is 0. The molecular formula is C16H13BrN4O2. The molecule has 0 spiro atoms. The van der Waals surface area contributed by atoms with E-state index in [2.05, 4.69) is 43.6 Å². The number of carbonyl (C=O) groups excluding carboxylic acids is 1. The Bertz CT molecular complexity index is 822. The van der Waals surface area contributed by atoms with Crippen LogP contribution in [0.2, 0.25) is 0 Å². The Morgan fingerprint density at radius 2 is 2.00 bits per heavy atom. The molecule has 3 N–H and O–H groups in total. The van der Waals surface area contributed by atoms with Crippen molar-refractivity contribution in [3.8, 4) is 11.3 Å². The van der Waals surface area contributed by atoms with Crippen LogP contribution in [-0.2, 0) is 0 Å². The average Bonchev–Trinajstić information content (AvgIpc) is 3.24. The molecule has 23 heavy (non-hydrogen) atoms. The summed E-state index contributed by atoms with van der Waals surface area (Å²) in [6.07, 6.45) is 1.53. The lowest BCUT2D eigenvalue weighted by Gasteiger charge is -2.07. The second-order valence-electron chi connectivity index (χ2n) is 4.71. The first-order valence-corrected chi connectivity index (χ1v) is 7.53. The van der Waals surface area contributed by atoms with Gasteiger partial charge in [0.2, 0.25) is 0 Å². The third-order valence-electron chi connectivity index (χ3n) is 3.11. The molecule has 6 nitrogen and oxygen atoms in total. The number of hydrogen-bond acceptors (Lipinski definition) is 4. The van der Waals surface area contributed by atoms with Crippen molar-refractivity contribution in [2.24, 2.45) is 0 Å². The van der Waals surface area contributed by atoms with Crippen LogP contribution in [0.4, 0.5) is 0 Å². The van der Waals surface area contributed by atoms with Gasteiger partial charge in [0, 0.05) is 10.0 Å². The van der Waals surface area contributed by atoms with E-state index in [0.29, 0.717) is 22.8 Å². The lowest BCUT2D eigenvalue weighted by atomic mass is 10.1. The van der Waals surface area contributed by atoms with Crippen molar-refractivity contribution in [3.05, 3.63) is 71.2 Å². The van der Waals surface area contributed by atoms with Crippen molar-refractivity contribution in [3.63, 3.8) is 0 Å². The fourth-order valence-corrected chi connectivity index (χ4v) is 2.18. The highest BCUT2D eigenvalue weighted by Crippen LogP contribution is 2.20. The number of H-pyrrole nitrogens is 1. The van der Waals surface area contributed by atoms with Crippen molar-refractivity contribution in [2.45, 2.75) is 0 Å². The highest BCUT2D eigenvalue weighted by Gasteiger charge is 2.11. The van der Waals surface area contributed by atoms with Crippen LogP contribution in [0.25, 0.3) is 17.0 Å². The van der Waals surface area contributed by atoms with Gasteiger partial charge in [-0.25, -0.2) is 0 Å².